The molecule has 0 fully saturated rings. The van der Waals surface area contributed by atoms with Crippen LogP contribution in [0.2, 0.25) is 5.15 Å². The minimum atomic E-state index is 0.256. The van der Waals surface area contributed by atoms with E-state index >= 15 is 0 Å². The molecule has 4 heteroatoms. The number of aromatic nitrogens is 2. The van der Waals surface area contributed by atoms with Crippen molar-refractivity contribution in [2.24, 2.45) is 7.05 Å². The fourth-order valence-electron chi connectivity index (χ4n) is 2.56. The maximum atomic E-state index is 6.45. The van der Waals surface area contributed by atoms with E-state index in [-0.39, 0.29) is 6.04 Å². The molecule has 1 aromatic heterocycles. The van der Waals surface area contributed by atoms with Gasteiger partial charge in [0.2, 0.25) is 0 Å². The van der Waals surface area contributed by atoms with Crippen LogP contribution in [0.15, 0.2) is 60.7 Å². The monoisotopic (exact) mass is 325 g/mol. The molecule has 0 radical (unpaired) electrons. The van der Waals surface area contributed by atoms with E-state index in [0.717, 1.165) is 17.1 Å². The molecule has 1 N–H and O–H groups in total. The van der Waals surface area contributed by atoms with E-state index in [0.29, 0.717) is 11.7 Å². The Morgan fingerprint density at radius 2 is 1.65 bits per heavy atom. The van der Waals surface area contributed by atoms with Crippen molar-refractivity contribution in [3.05, 3.63) is 77.2 Å². The van der Waals surface area contributed by atoms with Gasteiger partial charge in [0, 0.05) is 18.7 Å². The van der Waals surface area contributed by atoms with Crippen LogP contribution in [-0.2, 0) is 13.6 Å². The van der Waals surface area contributed by atoms with Gasteiger partial charge in [0.1, 0.15) is 16.7 Å². The molecule has 1 atom stereocenters. The maximum Gasteiger partial charge on any atom is 0.136 e. The van der Waals surface area contributed by atoms with E-state index in [2.05, 4.69) is 36.5 Å². The summed E-state index contributed by atoms with van der Waals surface area (Å²) in [4.78, 5) is 4.71. The molecule has 2 aromatic carbocycles. The van der Waals surface area contributed by atoms with Gasteiger partial charge >= 0.3 is 0 Å². The summed E-state index contributed by atoms with van der Waals surface area (Å²) >= 11 is 6.45. The largest absolute Gasteiger partial charge is 0.321 e. The van der Waals surface area contributed by atoms with Crippen molar-refractivity contribution in [2.45, 2.75) is 19.5 Å². The number of imidazole rings is 1. The zero-order chi connectivity index (χ0) is 16.2. The molecule has 0 aliphatic heterocycles. The first-order chi connectivity index (χ1) is 11.2. The van der Waals surface area contributed by atoms with Crippen LogP contribution in [-0.4, -0.2) is 9.55 Å². The number of rotatable bonds is 5. The highest BCUT2D eigenvalue weighted by Crippen LogP contribution is 2.27. The second-order valence-corrected chi connectivity index (χ2v) is 5.96. The molecule has 23 heavy (non-hydrogen) atoms. The molecule has 3 nitrogen and oxygen atoms in total. The lowest BCUT2D eigenvalue weighted by Gasteiger charge is -2.13. The van der Waals surface area contributed by atoms with Gasteiger partial charge in [-0.3, -0.25) is 0 Å². The second-order valence-electron chi connectivity index (χ2n) is 5.61. The van der Waals surface area contributed by atoms with Gasteiger partial charge in [-0.15, -0.1) is 0 Å². The third-order valence-electron chi connectivity index (χ3n) is 4.03. The summed E-state index contributed by atoms with van der Waals surface area (Å²) in [5, 5.41) is 4.17. The SMILES string of the molecule is CC(NCc1nc(-c2ccccc2)c(Cl)n1C)c1ccccc1. The second kappa shape index (κ2) is 6.99. The molecule has 0 aliphatic rings. The topological polar surface area (TPSA) is 29.9 Å². The van der Waals surface area contributed by atoms with Crippen LogP contribution in [0, 0.1) is 0 Å². The van der Waals surface area contributed by atoms with Crippen LogP contribution in [0.5, 0.6) is 0 Å². The smallest absolute Gasteiger partial charge is 0.136 e. The van der Waals surface area contributed by atoms with Crippen LogP contribution < -0.4 is 5.32 Å². The Labute approximate surface area is 141 Å². The summed E-state index contributed by atoms with van der Waals surface area (Å²) in [7, 11) is 1.95. The van der Waals surface area contributed by atoms with Crippen LogP contribution in [0.25, 0.3) is 11.3 Å². The fraction of sp³-hybridized carbons (Fsp3) is 0.211. The Kier molecular flexibility index (Phi) is 4.79. The highest BCUT2D eigenvalue weighted by atomic mass is 35.5. The van der Waals surface area contributed by atoms with Crippen molar-refractivity contribution in [1.29, 1.82) is 0 Å². The van der Waals surface area contributed by atoms with E-state index in [4.69, 9.17) is 16.6 Å². The van der Waals surface area contributed by atoms with Crippen molar-refractivity contribution < 1.29 is 0 Å². The molecular weight excluding hydrogens is 306 g/mol. The first-order valence-electron chi connectivity index (χ1n) is 7.71. The molecule has 0 saturated carbocycles. The third kappa shape index (κ3) is 3.46. The minimum absolute atomic E-state index is 0.256. The summed E-state index contributed by atoms with van der Waals surface area (Å²) in [6.07, 6.45) is 0. The zero-order valence-corrected chi connectivity index (χ0v) is 14.1. The maximum absolute atomic E-state index is 6.45. The van der Waals surface area contributed by atoms with Crippen molar-refractivity contribution in [1.82, 2.24) is 14.9 Å². The van der Waals surface area contributed by atoms with E-state index in [9.17, 15) is 0 Å². The number of nitrogens with zero attached hydrogens (tertiary/aromatic N) is 2. The molecule has 1 unspecified atom stereocenters. The lowest BCUT2D eigenvalue weighted by atomic mass is 10.1. The molecule has 0 bridgehead atoms. The van der Waals surface area contributed by atoms with Gasteiger partial charge in [-0.2, -0.15) is 0 Å². The molecule has 3 aromatic rings. The average Bonchev–Trinajstić information content (AvgIpc) is 2.89. The van der Waals surface area contributed by atoms with Crippen LogP contribution in [0.4, 0.5) is 0 Å². The first kappa shape index (κ1) is 15.8. The van der Waals surface area contributed by atoms with Crippen LogP contribution in [0.1, 0.15) is 24.4 Å². The van der Waals surface area contributed by atoms with Gasteiger partial charge in [0.15, 0.2) is 0 Å². The number of halogens is 1. The summed E-state index contributed by atoms with van der Waals surface area (Å²) in [6, 6.07) is 20.7. The number of benzene rings is 2. The molecule has 0 saturated heterocycles. The number of nitrogens with one attached hydrogen (secondary N) is 1. The molecule has 0 amide bonds. The van der Waals surface area contributed by atoms with E-state index in [1.807, 2.05) is 48.0 Å². The summed E-state index contributed by atoms with van der Waals surface area (Å²) in [5.74, 6) is 0.927. The molecular formula is C19H20ClN3. The Morgan fingerprint density at radius 1 is 1.04 bits per heavy atom. The van der Waals surface area contributed by atoms with Crippen molar-refractivity contribution >= 4 is 11.6 Å². The predicted octanol–water partition coefficient (Wildman–Crippen LogP) is 4.59. The highest BCUT2D eigenvalue weighted by molar-refractivity contribution is 6.32. The van der Waals surface area contributed by atoms with E-state index in [1.54, 1.807) is 0 Å². The Morgan fingerprint density at radius 3 is 2.30 bits per heavy atom. The quantitative estimate of drug-likeness (QED) is 0.743. The van der Waals surface area contributed by atoms with Crippen molar-refractivity contribution in [3.8, 4) is 11.3 Å². The zero-order valence-electron chi connectivity index (χ0n) is 13.3. The molecule has 0 aliphatic carbocycles. The van der Waals surface area contributed by atoms with Gasteiger partial charge in [0.25, 0.3) is 0 Å². The lowest BCUT2D eigenvalue weighted by molar-refractivity contribution is 0.549. The minimum Gasteiger partial charge on any atom is -0.321 e. The molecule has 1 heterocycles. The highest BCUT2D eigenvalue weighted by Gasteiger charge is 2.15. The standard InChI is InChI=1S/C19H20ClN3/c1-14(15-9-5-3-6-10-15)21-13-17-22-18(19(20)23(17)2)16-11-7-4-8-12-16/h3-12,14,21H,13H2,1-2H3. The third-order valence-corrected chi connectivity index (χ3v) is 4.46. The van der Waals surface area contributed by atoms with Crippen LogP contribution in [0.3, 0.4) is 0 Å². The normalized spacial score (nSPS) is 12.3. The Bertz CT molecular complexity index is 766. The van der Waals surface area contributed by atoms with Crippen LogP contribution >= 0.6 is 11.6 Å². The molecule has 3 rings (SSSR count). The first-order valence-corrected chi connectivity index (χ1v) is 8.09. The summed E-state index contributed by atoms with van der Waals surface area (Å²) < 4.78 is 1.94. The predicted molar refractivity (Wildman–Crippen MR) is 95.4 cm³/mol. The summed E-state index contributed by atoms with van der Waals surface area (Å²) in [5.41, 5.74) is 3.13. The fourth-order valence-corrected chi connectivity index (χ4v) is 2.81. The Hall–Kier alpha value is -2.10. The van der Waals surface area contributed by atoms with Gasteiger partial charge in [0.05, 0.1) is 6.54 Å². The molecule has 118 valence electrons. The lowest BCUT2D eigenvalue weighted by Crippen LogP contribution is -2.20. The number of hydrogen-bond acceptors (Lipinski definition) is 2. The van der Waals surface area contributed by atoms with Gasteiger partial charge in [-0.25, -0.2) is 4.98 Å². The summed E-state index contributed by atoms with van der Waals surface area (Å²) in [6.45, 7) is 2.82. The van der Waals surface area contributed by atoms with Gasteiger partial charge < -0.3 is 9.88 Å². The van der Waals surface area contributed by atoms with Crippen molar-refractivity contribution in [3.63, 3.8) is 0 Å². The Balaban J connectivity index is 1.77. The van der Waals surface area contributed by atoms with E-state index in [1.165, 1.54) is 5.56 Å². The van der Waals surface area contributed by atoms with Gasteiger partial charge in [-0.1, -0.05) is 72.3 Å². The molecule has 0 spiro atoms. The number of hydrogen-bond donors (Lipinski definition) is 1. The average molecular weight is 326 g/mol. The van der Waals surface area contributed by atoms with E-state index < -0.39 is 0 Å². The van der Waals surface area contributed by atoms with Crippen molar-refractivity contribution in [2.75, 3.05) is 0 Å². The van der Waals surface area contributed by atoms with Gasteiger partial charge in [-0.05, 0) is 12.5 Å².